The maximum atomic E-state index is 13.9. The summed E-state index contributed by atoms with van der Waals surface area (Å²) in [5.74, 6) is 1.01. The van der Waals surface area contributed by atoms with E-state index in [4.69, 9.17) is 31.8 Å². The Balaban J connectivity index is 0.000000295. The predicted octanol–water partition coefficient (Wildman–Crippen LogP) is 8.00. The highest BCUT2D eigenvalue weighted by atomic mass is 35.5. The largest absolute Gasteiger partial charge is 0.494 e. The molecule has 350 valence electrons. The number of nitrogens with two attached hydrogens (primary N) is 1. The number of para-hydroxylation sites is 1. The quantitative estimate of drug-likeness (QED) is 0.0811. The molecule has 17 nitrogen and oxygen atoms in total. The molecule has 1 aliphatic rings. The molecule has 1 fully saturated rings. The van der Waals surface area contributed by atoms with Crippen molar-refractivity contribution in [3.63, 3.8) is 0 Å². The highest BCUT2D eigenvalue weighted by Gasteiger charge is 2.38. The number of carbonyl (C=O) groups excluding carboxylic acids is 1. The summed E-state index contributed by atoms with van der Waals surface area (Å²) in [7, 11) is 4.56. The van der Waals surface area contributed by atoms with E-state index < -0.39 is 11.9 Å². The van der Waals surface area contributed by atoms with Gasteiger partial charge in [0.2, 0.25) is 5.91 Å². The number of pyridine rings is 1. The van der Waals surface area contributed by atoms with Crippen molar-refractivity contribution in [2.45, 2.75) is 53.2 Å². The van der Waals surface area contributed by atoms with Gasteiger partial charge in [-0.15, -0.1) is 0 Å². The van der Waals surface area contributed by atoms with Crippen LogP contribution in [-0.4, -0.2) is 96.8 Å². The number of nitrogens with one attached hydrogen (secondary N) is 3. The summed E-state index contributed by atoms with van der Waals surface area (Å²) in [6.45, 7) is 3.85. The van der Waals surface area contributed by atoms with Crippen LogP contribution in [0, 0.1) is 11.6 Å². The number of methoxy groups -OCH3 is 2. The van der Waals surface area contributed by atoms with Crippen LogP contribution in [-0.2, 0) is 11.3 Å². The molecule has 5 N–H and O–H groups in total. The molecule has 1 saturated heterocycles. The fourth-order valence-corrected chi connectivity index (χ4v) is 7.97. The van der Waals surface area contributed by atoms with Crippen LogP contribution in [0.4, 0.5) is 26.1 Å². The Morgan fingerprint density at radius 1 is 0.851 bits per heavy atom. The summed E-state index contributed by atoms with van der Waals surface area (Å²) in [5, 5.41) is 20.2. The number of benzene rings is 3. The summed E-state index contributed by atoms with van der Waals surface area (Å²) in [4.78, 5) is 37.2. The van der Waals surface area contributed by atoms with E-state index in [1.807, 2.05) is 41.3 Å². The van der Waals surface area contributed by atoms with E-state index in [0.717, 1.165) is 35.5 Å². The monoisotopic (exact) mass is 934 g/mol. The molecule has 67 heavy (non-hydrogen) atoms. The van der Waals surface area contributed by atoms with Crippen molar-refractivity contribution < 1.29 is 23.0 Å². The molecule has 5 aromatic heterocycles. The second-order valence-corrected chi connectivity index (χ2v) is 15.2. The van der Waals surface area contributed by atoms with E-state index in [2.05, 4.69) is 53.0 Å². The number of hydrogen-bond acceptors (Lipinski definition) is 14. The molecule has 6 heterocycles. The van der Waals surface area contributed by atoms with Gasteiger partial charge >= 0.3 is 0 Å². The molecule has 0 spiro atoms. The second kappa shape index (κ2) is 21.7. The van der Waals surface area contributed by atoms with Gasteiger partial charge in [-0.3, -0.25) is 4.79 Å². The third kappa shape index (κ3) is 10.0. The van der Waals surface area contributed by atoms with Gasteiger partial charge in [0.1, 0.15) is 70.0 Å². The van der Waals surface area contributed by atoms with Gasteiger partial charge in [0, 0.05) is 56.1 Å². The number of hydrogen-bond donors (Lipinski definition) is 4. The lowest BCUT2D eigenvalue weighted by Crippen LogP contribution is -2.42. The van der Waals surface area contributed by atoms with Crippen LogP contribution in [0.15, 0.2) is 97.8 Å². The van der Waals surface area contributed by atoms with Crippen LogP contribution in [0.2, 0.25) is 5.15 Å². The number of fused-ring (bicyclic) bond motifs is 2. The number of ether oxygens (including phenoxy) is 2. The normalized spacial score (nSPS) is 14.1. The Bertz CT molecular complexity index is 2990. The number of likely N-dealkylation sites (N-methyl/N-ethyl adjacent to an activating group) is 1. The Morgan fingerprint density at radius 3 is 2.10 bits per heavy atom. The first-order chi connectivity index (χ1) is 31.7. The van der Waals surface area contributed by atoms with Crippen molar-refractivity contribution in [1.29, 1.82) is 0 Å². The molecule has 2 unspecified atom stereocenters. The van der Waals surface area contributed by atoms with Crippen LogP contribution < -0.4 is 36.1 Å². The van der Waals surface area contributed by atoms with Crippen molar-refractivity contribution in [1.82, 2.24) is 49.8 Å². The molecule has 0 bridgehead atoms. The van der Waals surface area contributed by atoms with Gasteiger partial charge in [0.25, 0.3) is 0 Å². The number of carbonyl (C=O) groups is 1. The standard InChI is InChI=1S/C33H37FN10O2.C12H8ClFN4O.2CH4/c1-4-13-37-30-20(16-35)7-5-8-23(30)25-9-6-10-29(42-25)41-22-15-27(33(45)36-2)43(18-22)31-24-17-40-44(32(24)39-19-38-31)26-12-11-21(34)14-28(26)46-3;1-19-10-4-7(14)2-3-9(10)18-12-8(5-17-18)11(13)15-6-16-12;;/h5-12,14,17,19,22,27,37H,4,13,15-16,18,35H2,1-3H3,(H,36,45)(H,41,42);2-6H,1H3;2*1H4. The third-order valence-corrected chi connectivity index (χ3v) is 11.1. The first-order valence-corrected chi connectivity index (χ1v) is 21.0. The summed E-state index contributed by atoms with van der Waals surface area (Å²) in [6, 6.07) is 19.7. The number of anilines is 3. The lowest BCUT2D eigenvalue weighted by Gasteiger charge is -2.24. The highest BCUT2D eigenvalue weighted by molar-refractivity contribution is 6.33. The number of rotatable bonds is 13. The number of aromatic nitrogens is 9. The molecule has 8 aromatic rings. The Labute approximate surface area is 391 Å². The first-order valence-electron chi connectivity index (χ1n) is 20.6. The minimum Gasteiger partial charge on any atom is -0.494 e. The van der Waals surface area contributed by atoms with Crippen LogP contribution in [0.25, 0.3) is 44.7 Å². The maximum absolute atomic E-state index is 13.9. The zero-order chi connectivity index (χ0) is 45.6. The summed E-state index contributed by atoms with van der Waals surface area (Å²) in [5.41, 5.74) is 12.0. The Kier molecular flexibility index (Phi) is 15.8. The fraction of sp³-hybridized carbons (Fsp3) is 0.277. The zero-order valence-corrected chi connectivity index (χ0v) is 36.6. The van der Waals surface area contributed by atoms with E-state index in [0.29, 0.717) is 81.2 Å². The Morgan fingerprint density at radius 2 is 1.48 bits per heavy atom. The maximum Gasteiger partial charge on any atom is 0.242 e. The van der Waals surface area contributed by atoms with E-state index >= 15 is 0 Å². The van der Waals surface area contributed by atoms with Gasteiger partial charge < -0.3 is 36.1 Å². The van der Waals surface area contributed by atoms with Gasteiger partial charge in [0.05, 0.1) is 43.1 Å². The smallest absolute Gasteiger partial charge is 0.242 e. The van der Waals surface area contributed by atoms with Gasteiger partial charge in [-0.25, -0.2) is 43.1 Å². The molecule has 0 saturated carbocycles. The van der Waals surface area contributed by atoms with E-state index in [9.17, 15) is 13.6 Å². The fourth-order valence-electron chi connectivity index (χ4n) is 7.79. The lowest BCUT2D eigenvalue weighted by atomic mass is 10.0. The van der Waals surface area contributed by atoms with E-state index in [1.54, 1.807) is 36.3 Å². The van der Waals surface area contributed by atoms with Crippen molar-refractivity contribution in [2.24, 2.45) is 5.73 Å². The molecule has 0 radical (unpaired) electrons. The van der Waals surface area contributed by atoms with Gasteiger partial charge in [-0.05, 0) is 54.8 Å². The zero-order valence-electron chi connectivity index (χ0n) is 35.8. The Hall–Kier alpha value is -7.51. The average Bonchev–Trinajstić information content (AvgIpc) is 4.09. The van der Waals surface area contributed by atoms with Gasteiger partial charge in [-0.1, -0.05) is 57.6 Å². The molecule has 2 atom stereocenters. The molecular weight excluding hydrogens is 882 g/mol. The molecule has 0 aliphatic carbocycles. The summed E-state index contributed by atoms with van der Waals surface area (Å²) in [6.07, 6.45) is 7.50. The van der Waals surface area contributed by atoms with Crippen LogP contribution in [0.1, 0.15) is 40.2 Å². The minimum absolute atomic E-state index is 0. The predicted molar refractivity (Wildman–Crippen MR) is 258 cm³/mol. The van der Waals surface area contributed by atoms with Gasteiger partial charge in [0.15, 0.2) is 11.3 Å². The van der Waals surface area contributed by atoms with Crippen molar-refractivity contribution in [2.75, 3.05) is 49.9 Å². The first kappa shape index (κ1) is 48.9. The molecule has 20 heteroatoms. The summed E-state index contributed by atoms with van der Waals surface area (Å²) < 4.78 is 40.8. The molecule has 3 aromatic carbocycles. The summed E-state index contributed by atoms with van der Waals surface area (Å²) >= 11 is 5.96. The van der Waals surface area contributed by atoms with Crippen LogP contribution in [0.3, 0.4) is 0 Å². The number of halogens is 3. The average molecular weight is 935 g/mol. The van der Waals surface area contributed by atoms with E-state index in [-0.39, 0.29) is 32.6 Å². The van der Waals surface area contributed by atoms with Crippen LogP contribution >= 0.6 is 11.6 Å². The lowest BCUT2D eigenvalue weighted by molar-refractivity contribution is -0.121. The molecular formula is C47H53ClF2N14O3. The molecule has 1 aliphatic heterocycles. The van der Waals surface area contributed by atoms with Gasteiger partial charge in [-0.2, -0.15) is 10.2 Å². The second-order valence-electron chi connectivity index (χ2n) is 14.8. The van der Waals surface area contributed by atoms with Crippen molar-refractivity contribution >= 4 is 56.9 Å². The third-order valence-electron chi connectivity index (χ3n) is 10.8. The van der Waals surface area contributed by atoms with Crippen molar-refractivity contribution in [3.8, 4) is 34.1 Å². The SMILES string of the molecule is C.C.CCCNc1c(CN)cccc1-c1cccc(NC2CC(C(=O)NC)N(c3ncnc4c3cnn4-c3ccc(F)cc3OC)C2)n1.COc1cc(F)ccc1-n1ncc2c(Cl)ncnc21. The van der Waals surface area contributed by atoms with Crippen LogP contribution in [0.5, 0.6) is 11.5 Å². The topological polar surface area (TPSA) is 201 Å². The highest BCUT2D eigenvalue weighted by Crippen LogP contribution is 2.35. The molecule has 1 amide bonds. The van der Waals surface area contributed by atoms with Crippen molar-refractivity contribution in [3.05, 3.63) is 120 Å². The van der Waals surface area contributed by atoms with E-state index in [1.165, 1.54) is 55.8 Å². The minimum atomic E-state index is -0.501. The number of amides is 1. The molecule has 9 rings (SSSR count). The number of nitrogens with zero attached hydrogens (tertiary/aromatic N) is 10.